The van der Waals surface area contributed by atoms with Crippen molar-refractivity contribution < 1.29 is 23.1 Å². The van der Waals surface area contributed by atoms with E-state index in [9.17, 15) is 18.3 Å². The lowest BCUT2D eigenvalue weighted by molar-refractivity contribution is -0.118. The number of phenolic OH excluding ortho intramolecular Hbond substituents is 1. The molecule has 6 nitrogen and oxygen atoms in total. The Morgan fingerprint density at radius 1 is 0.793 bits per heavy atom. The Balaban J connectivity index is 1.68. The number of rotatable bonds is 13. The first kappa shape index (κ1) is 22.7. The molecule has 0 aliphatic carbocycles. The largest absolute Gasteiger partial charge is 0.508 e. The van der Waals surface area contributed by atoms with Crippen molar-refractivity contribution in [3.8, 4) is 11.5 Å². The second-order valence-electron chi connectivity index (χ2n) is 7.01. The molecule has 0 bridgehead atoms. The number of aromatic hydroxyl groups is 1. The molecule has 0 unspecified atom stereocenters. The maximum absolute atomic E-state index is 12.6. The number of carbonyl (C=O) groups excluding carboxylic acids is 1. The molecule has 3 N–H and O–H groups in total. The molecule has 0 heterocycles. The minimum Gasteiger partial charge on any atom is -0.508 e. The van der Waals surface area contributed by atoms with Crippen LogP contribution in [0.3, 0.4) is 0 Å². The second-order valence-corrected chi connectivity index (χ2v) is 8.96. The molecule has 0 saturated carbocycles. The normalized spacial score (nSPS) is 11.3. The molecule has 0 atom stereocenters. The van der Waals surface area contributed by atoms with Crippen molar-refractivity contribution in [1.29, 1.82) is 0 Å². The SMILES string of the molecule is NC(=O)CCCCCCCCCOc1ccc(S(=O)(=O)c2ccc(O)cc2)cc1. The van der Waals surface area contributed by atoms with Crippen molar-refractivity contribution in [2.45, 2.75) is 61.2 Å². The molecule has 158 valence electrons. The smallest absolute Gasteiger partial charge is 0.217 e. The lowest BCUT2D eigenvalue weighted by atomic mass is 10.1. The molecule has 2 rings (SSSR count). The zero-order chi connectivity index (χ0) is 21.1. The number of sulfone groups is 1. The number of ether oxygens (including phenoxy) is 1. The summed E-state index contributed by atoms with van der Waals surface area (Å²) in [4.78, 5) is 11.0. The monoisotopic (exact) mass is 419 g/mol. The summed E-state index contributed by atoms with van der Waals surface area (Å²) < 4.78 is 30.8. The Labute approximate surface area is 172 Å². The van der Waals surface area contributed by atoms with E-state index < -0.39 is 9.84 Å². The molecule has 0 fully saturated rings. The Hall–Kier alpha value is -2.54. The van der Waals surface area contributed by atoms with Crippen LogP contribution in [0, 0.1) is 0 Å². The van der Waals surface area contributed by atoms with Crippen LogP contribution in [-0.2, 0) is 14.6 Å². The highest BCUT2D eigenvalue weighted by atomic mass is 32.2. The average molecular weight is 420 g/mol. The van der Waals surface area contributed by atoms with Gasteiger partial charge in [0.25, 0.3) is 0 Å². The van der Waals surface area contributed by atoms with Crippen LogP contribution < -0.4 is 10.5 Å². The van der Waals surface area contributed by atoms with E-state index >= 15 is 0 Å². The molecular formula is C22H29NO5S. The maximum Gasteiger partial charge on any atom is 0.217 e. The minimum atomic E-state index is -3.61. The van der Waals surface area contributed by atoms with Gasteiger partial charge in [-0.2, -0.15) is 0 Å². The molecule has 1 amide bonds. The molecule has 0 saturated heterocycles. The number of phenols is 1. The fraction of sp³-hybridized carbons (Fsp3) is 0.409. The molecule has 7 heteroatoms. The Morgan fingerprint density at radius 3 is 1.83 bits per heavy atom. The summed E-state index contributed by atoms with van der Waals surface area (Å²) in [6, 6.07) is 11.8. The number of benzene rings is 2. The average Bonchev–Trinajstić information content (AvgIpc) is 2.70. The third kappa shape index (κ3) is 7.77. The summed E-state index contributed by atoms with van der Waals surface area (Å²) in [6.45, 7) is 0.589. The van der Waals surface area contributed by atoms with E-state index in [1.54, 1.807) is 12.1 Å². The van der Waals surface area contributed by atoms with Crippen LogP contribution in [-0.4, -0.2) is 26.0 Å². The van der Waals surface area contributed by atoms with Gasteiger partial charge in [-0.15, -0.1) is 0 Å². The standard InChI is InChI=1S/C22H29NO5S/c23-22(25)8-6-4-2-1-3-5-7-17-28-19-11-15-21(16-12-19)29(26,27)20-13-9-18(24)10-14-20/h9-16,24H,1-8,17H2,(H2,23,25). The predicted octanol–water partition coefficient (Wildman–Crippen LogP) is 4.21. The van der Waals surface area contributed by atoms with Gasteiger partial charge in [-0.05, 0) is 61.4 Å². The van der Waals surface area contributed by atoms with E-state index in [1.807, 2.05) is 0 Å². The number of primary amides is 1. The van der Waals surface area contributed by atoms with Crippen LogP contribution in [0.5, 0.6) is 11.5 Å². The predicted molar refractivity (Wildman–Crippen MR) is 112 cm³/mol. The van der Waals surface area contributed by atoms with Crippen molar-refractivity contribution in [1.82, 2.24) is 0 Å². The Morgan fingerprint density at radius 2 is 1.28 bits per heavy atom. The number of nitrogens with two attached hydrogens (primary N) is 1. The van der Waals surface area contributed by atoms with E-state index in [0.29, 0.717) is 18.8 Å². The molecule has 0 aliphatic rings. The zero-order valence-electron chi connectivity index (χ0n) is 16.5. The minimum absolute atomic E-state index is 0.0239. The maximum atomic E-state index is 12.6. The Bertz CT molecular complexity index is 861. The lowest BCUT2D eigenvalue weighted by Crippen LogP contribution is -2.09. The van der Waals surface area contributed by atoms with Crippen LogP contribution in [0.1, 0.15) is 51.4 Å². The van der Waals surface area contributed by atoms with Gasteiger partial charge in [0.2, 0.25) is 15.7 Å². The van der Waals surface area contributed by atoms with Crippen molar-refractivity contribution in [2.75, 3.05) is 6.61 Å². The lowest BCUT2D eigenvalue weighted by Gasteiger charge is -2.08. The van der Waals surface area contributed by atoms with E-state index in [1.165, 1.54) is 36.4 Å². The van der Waals surface area contributed by atoms with Gasteiger partial charge >= 0.3 is 0 Å². The van der Waals surface area contributed by atoms with Crippen LogP contribution in [0.25, 0.3) is 0 Å². The number of amides is 1. The number of hydrogen-bond acceptors (Lipinski definition) is 5. The molecule has 0 spiro atoms. The summed E-state index contributed by atoms with van der Waals surface area (Å²) >= 11 is 0. The van der Waals surface area contributed by atoms with E-state index in [2.05, 4.69) is 0 Å². The highest BCUT2D eigenvalue weighted by Gasteiger charge is 2.17. The van der Waals surface area contributed by atoms with Crippen molar-refractivity contribution in [3.63, 3.8) is 0 Å². The molecular weight excluding hydrogens is 390 g/mol. The van der Waals surface area contributed by atoms with Gasteiger partial charge < -0.3 is 15.6 Å². The summed E-state index contributed by atoms with van der Waals surface area (Å²) in [5.74, 6) is 0.435. The van der Waals surface area contributed by atoms with Gasteiger partial charge in [0.05, 0.1) is 16.4 Å². The fourth-order valence-electron chi connectivity index (χ4n) is 2.95. The van der Waals surface area contributed by atoms with Crippen molar-refractivity contribution in [3.05, 3.63) is 48.5 Å². The van der Waals surface area contributed by atoms with Gasteiger partial charge in [0.1, 0.15) is 11.5 Å². The van der Waals surface area contributed by atoms with Crippen LogP contribution in [0.15, 0.2) is 58.3 Å². The molecule has 0 radical (unpaired) electrons. The second kappa shape index (κ2) is 11.5. The summed E-state index contributed by atoms with van der Waals surface area (Å²) in [5.41, 5.74) is 5.11. The molecule has 2 aromatic rings. The first-order valence-electron chi connectivity index (χ1n) is 9.95. The first-order valence-corrected chi connectivity index (χ1v) is 11.4. The molecule has 0 aromatic heterocycles. The topological polar surface area (TPSA) is 107 Å². The quantitative estimate of drug-likeness (QED) is 0.473. The van der Waals surface area contributed by atoms with Gasteiger partial charge in [-0.3, -0.25) is 4.79 Å². The van der Waals surface area contributed by atoms with E-state index in [4.69, 9.17) is 10.5 Å². The van der Waals surface area contributed by atoms with Gasteiger partial charge in [-0.1, -0.05) is 32.1 Å². The molecule has 0 aliphatic heterocycles. The van der Waals surface area contributed by atoms with E-state index in [0.717, 1.165) is 44.9 Å². The summed E-state index contributed by atoms with van der Waals surface area (Å²) in [6.07, 6.45) is 7.79. The van der Waals surface area contributed by atoms with Gasteiger partial charge in [0, 0.05) is 6.42 Å². The van der Waals surface area contributed by atoms with Gasteiger partial charge in [0.15, 0.2) is 0 Å². The number of unbranched alkanes of at least 4 members (excludes halogenated alkanes) is 6. The third-order valence-electron chi connectivity index (χ3n) is 4.62. The van der Waals surface area contributed by atoms with Crippen LogP contribution >= 0.6 is 0 Å². The van der Waals surface area contributed by atoms with Crippen molar-refractivity contribution >= 4 is 15.7 Å². The first-order chi connectivity index (χ1) is 13.9. The highest BCUT2D eigenvalue weighted by Crippen LogP contribution is 2.24. The number of carbonyl (C=O) groups is 1. The Kier molecular flexibility index (Phi) is 8.99. The fourth-order valence-corrected chi connectivity index (χ4v) is 4.21. The number of hydrogen-bond donors (Lipinski definition) is 2. The summed E-state index contributed by atoms with van der Waals surface area (Å²) in [5, 5.41) is 9.31. The highest BCUT2D eigenvalue weighted by molar-refractivity contribution is 7.91. The molecule has 2 aromatic carbocycles. The summed E-state index contributed by atoms with van der Waals surface area (Å²) in [7, 11) is -3.61. The van der Waals surface area contributed by atoms with Gasteiger partial charge in [-0.25, -0.2) is 8.42 Å². The molecule has 29 heavy (non-hydrogen) atoms. The van der Waals surface area contributed by atoms with E-state index in [-0.39, 0.29) is 21.4 Å². The third-order valence-corrected chi connectivity index (χ3v) is 6.40. The van der Waals surface area contributed by atoms with Crippen LogP contribution in [0.2, 0.25) is 0 Å². The zero-order valence-corrected chi connectivity index (χ0v) is 17.4. The van der Waals surface area contributed by atoms with Crippen molar-refractivity contribution in [2.24, 2.45) is 5.73 Å². The van der Waals surface area contributed by atoms with Crippen LogP contribution in [0.4, 0.5) is 0 Å².